The number of amides is 1. The summed E-state index contributed by atoms with van der Waals surface area (Å²) in [5, 5.41) is 3.58. The lowest BCUT2D eigenvalue weighted by molar-refractivity contribution is -0.132. The van der Waals surface area contributed by atoms with Gasteiger partial charge in [-0.25, -0.2) is 0 Å². The van der Waals surface area contributed by atoms with Crippen LogP contribution in [0.1, 0.15) is 66.7 Å². The Morgan fingerprint density at radius 1 is 1.20 bits per heavy atom. The van der Waals surface area contributed by atoms with E-state index in [1.165, 1.54) is 32.1 Å². The zero-order valence-corrected chi connectivity index (χ0v) is 14.1. The fraction of sp³-hybridized carbons (Fsp3) is 0.941. The van der Waals surface area contributed by atoms with Crippen molar-refractivity contribution < 1.29 is 4.79 Å². The highest BCUT2D eigenvalue weighted by Gasteiger charge is 2.26. The molecule has 1 aliphatic rings. The molecule has 0 radical (unpaired) electrons. The summed E-state index contributed by atoms with van der Waals surface area (Å²) in [6, 6.07) is 0.486. The molecule has 20 heavy (non-hydrogen) atoms. The first-order chi connectivity index (χ1) is 9.47. The Hall–Kier alpha value is -0.570. The van der Waals surface area contributed by atoms with Crippen molar-refractivity contribution >= 4 is 5.91 Å². The van der Waals surface area contributed by atoms with Crippen molar-refractivity contribution in [1.82, 2.24) is 10.2 Å². The van der Waals surface area contributed by atoms with Crippen molar-refractivity contribution in [3.05, 3.63) is 0 Å². The minimum Gasteiger partial charge on any atom is -0.342 e. The van der Waals surface area contributed by atoms with Gasteiger partial charge in [-0.1, -0.05) is 26.7 Å². The van der Waals surface area contributed by atoms with Gasteiger partial charge in [-0.15, -0.1) is 0 Å². The van der Waals surface area contributed by atoms with Gasteiger partial charge >= 0.3 is 0 Å². The molecule has 1 amide bonds. The lowest BCUT2D eigenvalue weighted by atomic mass is 9.81. The van der Waals surface area contributed by atoms with Gasteiger partial charge in [0.05, 0.1) is 6.04 Å². The Labute approximate surface area is 125 Å². The number of carbonyl (C=O) groups is 1. The molecule has 0 aromatic heterocycles. The van der Waals surface area contributed by atoms with Crippen molar-refractivity contribution in [3.8, 4) is 0 Å². The fourth-order valence-corrected chi connectivity index (χ4v) is 3.56. The summed E-state index contributed by atoms with van der Waals surface area (Å²) in [4.78, 5) is 14.2. The van der Waals surface area contributed by atoms with Crippen molar-refractivity contribution in [3.63, 3.8) is 0 Å². The molecular weight excluding hydrogens is 248 g/mol. The molecular formula is C17H34N2O. The van der Waals surface area contributed by atoms with E-state index in [1.807, 2.05) is 25.7 Å². The average Bonchev–Trinajstić information content (AvgIpc) is 2.39. The first-order valence-electron chi connectivity index (χ1n) is 8.52. The van der Waals surface area contributed by atoms with Gasteiger partial charge in [0, 0.05) is 19.1 Å². The number of rotatable bonds is 7. The Morgan fingerprint density at radius 2 is 1.85 bits per heavy atom. The summed E-state index contributed by atoms with van der Waals surface area (Å²) in [6.07, 6.45) is 6.48. The number of nitrogens with zero attached hydrogens (tertiary/aromatic N) is 1. The van der Waals surface area contributed by atoms with Crippen LogP contribution in [0.2, 0.25) is 0 Å². The molecule has 0 spiro atoms. The van der Waals surface area contributed by atoms with Crippen LogP contribution < -0.4 is 5.32 Å². The highest BCUT2D eigenvalue weighted by Crippen LogP contribution is 2.29. The van der Waals surface area contributed by atoms with Gasteiger partial charge in [0.15, 0.2) is 0 Å². The molecule has 118 valence electrons. The van der Waals surface area contributed by atoms with Crippen LogP contribution in [0.3, 0.4) is 0 Å². The smallest absolute Gasteiger partial charge is 0.239 e. The second-order valence-corrected chi connectivity index (χ2v) is 6.76. The topological polar surface area (TPSA) is 32.3 Å². The largest absolute Gasteiger partial charge is 0.342 e. The Kier molecular flexibility index (Phi) is 7.57. The molecule has 0 saturated heterocycles. The van der Waals surface area contributed by atoms with Crippen molar-refractivity contribution in [2.24, 2.45) is 11.8 Å². The first kappa shape index (κ1) is 17.5. The van der Waals surface area contributed by atoms with Gasteiger partial charge in [-0.2, -0.15) is 0 Å². The van der Waals surface area contributed by atoms with E-state index in [4.69, 9.17) is 0 Å². The lowest BCUT2D eigenvalue weighted by Crippen LogP contribution is -2.49. The second-order valence-electron chi connectivity index (χ2n) is 6.76. The maximum absolute atomic E-state index is 12.3. The Bertz CT molecular complexity index is 287. The van der Waals surface area contributed by atoms with Crippen LogP contribution in [0.25, 0.3) is 0 Å². The molecule has 1 fully saturated rings. The maximum Gasteiger partial charge on any atom is 0.239 e. The molecule has 3 atom stereocenters. The molecule has 0 heterocycles. The second kappa shape index (κ2) is 8.66. The van der Waals surface area contributed by atoms with Gasteiger partial charge in [0.25, 0.3) is 0 Å². The SMILES string of the molecule is CCN(CC)C(=O)C(C)NC1CCCC(CC(C)C)C1. The van der Waals surface area contributed by atoms with E-state index in [2.05, 4.69) is 19.2 Å². The summed E-state index contributed by atoms with van der Waals surface area (Å²) in [6.45, 7) is 12.4. The lowest BCUT2D eigenvalue weighted by Gasteiger charge is -2.33. The number of nitrogens with one attached hydrogen (secondary N) is 1. The Balaban J connectivity index is 2.44. The molecule has 3 heteroatoms. The maximum atomic E-state index is 12.3. The predicted octanol–water partition coefficient (Wildman–Crippen LogP) is 3.44. The molecule has 0 aromatic rings. The normalized spacial score (nSPS) is 24.7. The van der Waals surface area contributed by atoms with Crippen LogP contribution in [0.5, 0.6) is 0 Å². The average molecular weight is 282 g/mol. The highest BCUT2D eigenvalue weighted by molar-refractivity contribution is 5.81. The molecule has 1 rings (SSSR count). The minimum atomic E-state index is -0.0438. The summed E-state index contributed by atoms with van der Waals surface area (Å²) in [7, 11) is 0. The number of likely N-dealkylation sites (N-methyl/N-ethyl adjacent to an activating group) is 1. The number of carbonyl (C=O) groups excluding carboxylic acids is 1. The third-order valence-electron chi connectivity index (χ3n) is 4.52. The van der Waals surface area contributed by atoms with Gasteiger partial charge < -0.3 is 10.2 Å². The van der Waals surface area contributed by atoms with E-state index in [-0.39, 0.29) is 11.9 Å². The summed E-state index contributed by atoms with van der Waals surface area (Å²) in [5.41, 5.74) is 0. The van der Waals surface area contributed by atoms with Crippen LogP contribution in [0, 0.1) is 11.8 Å². The fourth-order valence-electron chi connectivity index (χ4n) is 3.56. The zero-order valence-electron chi connectivity index (χ0n) is 14.1. The van der Waals surface area contributed by atoms with E-state index in [0.717, 1.165) is 24.9 Å². The van der Waals surface area contributed by atoms with Crippen LogP contribution >= 0.6 is 0 Å². The number of hydrogen-bond acceptors (Lipinski definition) is 2. The van der Waals surface area contributed by atoms with Gasteiger partial charge in [-0.3, -0.25) is 4.79 Å². The van der Waals surface area contributed by atoms with E-state index < -0.39 is 0 Å². The van der Waals surface area contributed by atoms with Crippen LogP contribution in [-0.4, -0.2) is 36.0 Å². The van der Waals surface area contributed by atoms with Gasteiger partial charge in [-0.05, 0) is 51.9 Å². The zero-order chi connectivity index (χ0) is 15.1. The van der Waals surface area contributed by atoms with Crippen molar-refractivity contribution in [2.45, 2.75) is 78.8 Å². The van der Waals surface area contributed by atoms with E-state index >= 15 is 0 Å². The third kappa shape index (κ3) is 5.43. The first-order valence-corrected chi connectivity index (χ1v) is 8.52. The minimum absolute atomic E-state index is 0.0438. The molecule has 0 bridgehead atoms. The third-order valence-corrected chi connectivity index (χ3v) is 4.52. The monoisotopic (exact) mass is 282 g/mol. The molecule has 1 saturated carbocycles. The summed E-state index contributed by atoms with van der Waals surface area (Å²) in [5.74, 6) is 1.88. The summed E-state index contributed by atoms with van der Waals surface area (Å²) >= 11 is 0. The van der Waals surface area contributed by atoms with Crippen LogP contribution in [0.15, 0.2) is 0 Å². The molecule has 1 N–H and O–H groups in total. The standard InChI is InChI=1S/C17H34N2O/c1-6-19(7-2)17(20)14(5)18-16-10-8-9-15(12-16)11-13(3)4/h13-16,18H,6-12H2,1-5H3. The predicted molar refractivity (Wildman–Crippen MR) is 85.7 cm³/mol. The quantitative estimate of drug-likeness (QED) is 0.776. The van der Waals surface area contributed by atoms with E-state index in [9.17, 15) is 4.79 Å². The van der Waals surface area contributed by atoms with E-state index in [1.54, 1.807) is 0 Å². The molecule has 3 unspecified atom stereocenters. The highest BCUT2D eigenvalue weighted by atomic mass is 16.2. The van der Waals surface area contributed by atoms with Crippen molar-refractivity contribution in [1.29, 1.82) is 0 Å². The molecule has 1 aliphatic carbocycles. The molecule has 0 aliphatic heterocycles. The van der Waals surface area contributed by atoms with Gasteiger partial charge in [0.1, 0.15) is 0 Å². The number of hydrogen-bond donors (Lipinski definition) is 1. The molecule has 0 aromatic carbocycles. The summed E-state index contributed by atoms with van der Waals surface area (Å²) < 4.78 is 0. The molecule has 3 nitrogen and oxygen atoms in total. The van der Waals surface area contributed by atoms with Gasteiger partial charge in [0.2, 0.25) is 5.91 Å². The van der Waals surface area contributed by atoms with Crippen molar-refractivity contribution in [2.75, 3.05) is 13.1 Å². The van der Waals surface area contributed by atoms with E-state index in [0.29, 0.717) is 6.04 Å². The van der Waals surface area contributed by atoms with Crippen LogP contribution in [0.4, 0.5) is 0 Å². The Morgan fingerprint density at radius 3 is 2.40 bits per heavy atom. The van der Waals surface area contributed by atoms with Crippen LogP contribution in [-0.2, 0) is 4.79 Å².